The summed E-state index contributed by atoms with van der Waals surface area (Å²) in [5.74, 6) is 2.48. The number of pyridine rings is 1. The van der Waals surface area contributed by atoms with Gasteiger partial charge in [-0.25, -0.2) is 19.9 Å². The second kappa shape index (κ2) is 7.14. The Balaban J connectivity index is 1.44. The van der Waals surface area contributed by atoms with Gasteiger partial charge in [-0.05, 0) is 30.0 Å². The van der Waals surface area contributed by atoms with Crippen LogP contribution in [-0.2, 0) is 6.54 Å². The van der Waals surface area contributed by atoms with Crippen molar-refractivity contribution < 1.29 is 0 Å². The van der Waals surface area contributed by atoms with Gasteiger partial charge in [0.25, 0.3) is 0 Å². The van der Waals surface area contributed by atoms with Gasteiger partial charge in [-0.2, -0.15) is 0 Å². The summed E-state index contributed by atoms with van der Waals surface area (Å²) in [5.41, 5.74) is 2.27. The first-order valence-electron chi connectivity index (χ1n) is 8.75. The number of thiophene rings is 2. The van der Waals surface area contributed by atoms with E-state index in [9.17, 15) is 0 Å². The number of fused-ring (bicyclic) bond motifs is 1. The number of hydrogen-bond donors (Lipinski definition) is 1. The third kappa shape index (κ3) is 3.17. The van der Waals surface area contributed by atoms with E-state index in [2.05, 4.69) is 54.2 Å². The molecule has 8 heteroatoms. The number of hydrogen-bond acceptors (Lipinski definition) is 7. The third-order valence-corrected chi connectivity index (χ3v) is 6.15. The highest BCUT2D eigenvalue weighted by Crippen LogP contribution is 2.38. The van der Waals surface area contributed by atoms with Crippen molar-refractivity contribution in [2.75, 3.05) is 5.32 Å². The van der Waals surface area contributed by atoms with Crippen molar-refractivity contribution in [1.82, 2.24) is 24.5 Å². The molecule has 0 aromatic carbocycles. The summed E-state index contributed by atoms with van der Waals surface area (Å²) in [6, 6.07) is 8.25. The van der Waals surface area contributed by atoms with Crippen molar-refractivity contribution in [3.63, 3.8) is 0 Å². The fraction of sp³-hybridized carbons (Fsp3) is 0.100. The Bertz CT molecular complexity index is 1210. The summed E-state index contributed by atoms with van der Waals surface area (Å²) in [7, 11) is 0. The summed E-state index contributed by atoms with van der Waals surface area (Å²) in [6.07, 6.45) is 7.24. The molecule has 0 bridgehead atoms. The number of nitrogens with one attached hydrogen (secondary N) is 1. The van der Waals surface area contributed by atoms with Crippen molar-refractivity contribution >= 4 is 38.7 Å². The molecule has 0 aliphatic rings. The molecule has 0 spiro atoms. The lowest BCUT2D eigenvalue weighted by molar-refractivity contribution is 0.976. The van der Waals surface area contributed by atoms with Crippen LogP contribution in [0.2, 0.25) is 0 Å². The molecule has 5 aromatic heterocycles. The fourth-order valence-electron chi connectivity index (χ4n) is 3.04. The first-order chi connectivity index (χ1) is 13.8. The van der Waals surface area contributed by atoms with Crippen molar-refractivity contribution in [3.05, 3.63) is 71.3 Å². The van der Waals surface area contributed by atoms with Crippen LogP contribution in [0, 0.1) is 6.92 Å². The first-order valence-corrected chi connectivity index (χ1v) is 10.5. The number of rotatable bonds is 5. The first kappa shape index (κ1) is 17.0. The van der Waals surface area contributed by atoms with Gasteiger partial charge in [-0.3, -0.25) is 4.57 Å². The Morgan fingerprint density at radius 2 is 2.11 bits per heavy atom. The zero-order valence-corrected chi connectivity index (χ0v) is 16.7. The minimum atomic E-state index is 0.641. The van der Waals surface area contributed by atoms with Gasteiger partial charge < -0.3 is 5.32 Å². The molecule has 0 aliphatic carbocycles. The van der Waals surface area contributed by atoms with Crippen LogP contribution in [0.15, 0.2) is 59.9 Å². The maximum atomic E-state index is 4.67. The Kier molecular flexibility index (Phi) is 4.34. The van der Waals surface area contributed by atoms with E-state index in [1.165, 1.54) is 10.4 Å². The molecular formula is C20H16N6S2. The van der Waals surface area contributed by atoms with Crippen LogP contribution in [-0.4, -0.2) is 24.5 Å². The minimum absolute atomic E-state index is 0.641. The molecule has 28 heavy (non-hydrogen) atoms. The van der Waals surface area contributed by atoms with Crippen LogP contribution in [0.1, 0.15) is 11.4 Å². The smallest absolute Gasteiger partial charge is 0.139 e. The van der Waals surface area contributed by atoms with Gasteiger partial charge in [0.1, 0.15) is 28.6 Å². The average Bonchev–Trinajstić information content (AvgIpc) is 3.47. The predicted molar refractivity (Wildman–Crippen MR) is 114 cm³/mol. The summed E-state index contributed by atoms with van der Waals surface area (Å²) in [5, 5.41) is 8.83. The van der Waals surface area contributed by atoms with E-state index >= 15 is 0 Å². The lowest BCUT2D eigenvalue weighted by Gasteiger charge is -2.10. The van der Waals surface area contributed by atoms with Crippen LogP contribution >= 0.6 is 22.7 Å². The topological polar surface area (TPSA) is 68.5 Å². The molecule has 1 N–H and O–H groups in total. The standard InChI is InChI=1S/C20H16N6S2/c1-13-24-19(18-15(11-28-20(18)25-13)16-3-2-8-27-16)23-10-14-4-5-17(22-9-14)26-7-6-21-12-26/h2-9,11-12H,10H2,1H3,(H,23,24,25). The minimum Gasteiger partial charge on any atom is -0.365 e. The van der Waals surface area contributed by atoms with Gasteiger partial charge in [0.15, 0.2) is 0 Å². The van der Waals surface area contributed by atoms with E-state index in [1.54, 1.807) is 35.2 Å². The van der Waals surface area contributed by atoms with Crippen LogP contribution in [0.5, 0.6) is 0 Å². The average molecular weight is 405 g/mol. The van der Waals surface area contributed by atoms with Crippen LogP contribution < -0.4 is 5.32 Å². The molecule has 5 heterocycles. The zero-order valence-electron chi connectivity index (χ0n) is 15.0. The number of anilines is 1. The molecule has 0 amide bonds. The molecule has 0 radical (unpaired) electrons. The Labute approximate surface area is 169 Å². The SMILES string of the molecule is Cc1nc(NCc2ccc(-n3ccnc3)nc2)c2c(-c3cccs3)csc2n1. The summed E-state index contributed by atoms with van der Waals surface area (Å²) >= 11 is 3.39. The van der Waals surface area contributed by atoms with Gasteiger partial charge in [-0.15, -0.1) is 22.7 Å². The zero-order chi connectivity index (χ0) is 18.9. The highest BCUT2D eigenvalue weighted by atomic mass is 32.1. The van der Waals surface area contributed by atoms with Gasteiger partial charge in [0, 0.05) is 41.0 Å². The Morgan fingerprint density at radius 1 is 1.14 bits per heavy atom. The lowest BCUT2D eigenvalue weighted by Crippen LogP contribution is -2.05. The van der Waals surface area contributed by atoms with Gasteiger partial charge in [0.05, 0.1) is 5.39 Å². The van der Waals surface area contributed by atoms with E-state index in [4.69, 9.17) is 0 Å². The van der Waals surface area contributed by atoms with Crippen LogP contribution in [0.25, 0.3) is 26.5 Å². The van der Waals surface area contributed by atoms with Crippen molar-refractivity contribution in [1.29, 1.82) is 0 Å². The molecule has 0 saturated heterocycles. The van der Waals surface area contributed by atoms with E-state index in [0.29, 0.717) is 6.54 Å². The predicted octanol–water partition coefficient (Wildman–Crippen LogP) is 4.92. The molecule has 6 nitrogen and oxygen atoms in total. The fourth-order valence-corrected chi connectivity index (χ4v) is 4.85. The molecule has 0 saturated carbocycles. The molecule has 0 fully saturated rings. The monoisotopic (exact) mass is 404 g/mol. The molecule has 5 rings (SSSR count). The summed E-state index contributed by atoms with van der Waals surface area (Å²) < 4.78 is 1.88. The number of aryl methyl sites for hydroxylation is 1. The molecule has 138 valence electrons. The Hall–Kier alpha value is -3.10. The van der Waals surface area contributed by atoms with Crippen molar-refractivity contribution in [2.24, 2.45) is 0 Å². The Morgan fingerprint density at radius 3 is 2.86 bits per heavy atom. The summed E-state index contributed by atoms with van der Waals surface area (Å²) in [6.45, 7) is 2.57. The van der Waals surface area contributed by atoms with Gasteiger partial charge in [-0.1, -0.05) is 12.1 Å². The highest BCUT2D eigenvalue weighted by molar-refractivity contribution is 7.18. The van der Waals surface area contributed by atoms with E-state index < -0.39 is 0 Å². The normalized spacial score (nSPS) is 11.2. The maximum Gasteiger partial charge on any atom is 0.139 e. The van der Waals surface area contributed by atoms with Crippen molar-refractivity contribution in [3.8, 4) is 16.3 Å². The second-order valence-electron chi connectivity index (χ2n) is 6.27. The molecule has 0 aliphatic heterocycles. The number of imidazole rings is 1. The largest absolute Gasteiger partial charge is 0.365 e. The summed E-state index contributed by atoms with van der Waals surface area (Å²) in [4.78, 5) is 20.1. The van der Waals surface area contributed by atoms with Crippen LogP contribution in [0.4, 0.5) is 5.82 Å². The quantitative estimate of drug-likeness (QED) is 0.450. The molecule has 5 aromatic rings. The molecular weight excluding hydrogens is 388 g/mol. The van der Waals surface area contributed by atoms with E-state index in [0.717, 1.165) is 33.2 Å². The third-order valence-electron chi connectivity index (χ3n) is 4.37. The maximum absolute atomic E-state index is 4.67. The lowest BCUT2D eigenvalue weighted by atomic mass is 10.2. The van der Waals surface area contributed by atoms with Gasteiger partial charge >= 0.3 is 0 Å². The van der Waals surface area contributed by atoms with E-state index in [1.807, 2.05) is 30.0 Å². The highest BCUT2D eigenvalue weighted by Gasteiger charge is 2.15. The second-order valence-corrected chi connectivity index (χ2v) is 8.08. The van der Waals surface area contributed by atoms with E-state index in [-0.39, 0.29) is 0 Å². The molecule has 0 unspecified atom stereocenters. The number of nitrogens with zero attached hydrogens (tertiary/aromatic N) is 5. The van der Waals surface area contributed by atoms with Crippen LogP contribution in [0.3, 0.4) is 0 Å². The number of aromatic nitrogens is 5. The van der Waals surface area contributed by atoms with Crippen molar-refractivity contribution in [2.45, 2.75) is 13.5 Å². The molecule has 0 atom stereocenters. The van der Waals surface area contributed by atoms with Gasteiger partial charge in [0.2, 0.25) is 0 Å².